The molecule has 3 aromatic carbocycles. The lowest BCUT2D eigenvalue weighted by atomic mass is 10.1. The van der Waals surface area contributed by atoms with Crippen molar-refractivity contribution in [2.24, 2.45) is 0 Å². The minimum Gasteiger partial charge on any atom is -0.354 e. The quantitative estimate of drug-likeness (QED) is 0.106. The van der Waals surface area contributed by atoms with E-state index in [-0.39, 0.29) is 11.9 Å². The van der Waals surface area contributed by atoms with Crippen LogP contribution in [0, 0.1) is 0 Å². The van der Waals surface area contributed by atoms with Gasteiger partial charge >= 0.3 is 0 Å². The van der Waals surface area contributed by atoms with Crippen LogP contribution >= 0.6 is 23.4 Å². The van der Waals surface area contributed by atoms with Gasteiger partial charge in [-0.2, -0.15) is 0 Å². The Morgan fingerprint density at radius 2 is 1.63 bits per heavy atom. The fourth-order valence-electron chi connectivity index (χ4n) is 4.98. The normalized spacial score (nSPS) is 14.6. The van der Waals surface area contributed by atoms with Gasteiger partial charge in [-0.1, -0.05) is 108 Å². The predicted octanol–water partition coefficient (Wildman–Crippen LogP) is 7.01. The predicted molar refractivity (Wildman–Crippen MR) is 179 cm³/mol. The third-order valence-electron chi connectivity index (χ3n) is 7.50. The molecule has 6 nitrogen and oxygen atoms in total. The standard InChI is InChI=1S/C35H38ClN5OS/c1-27(14-15-29-11-6-3-7-12-29)37-34(42)31-18-16-30(17-19-31)26-43-35-38-32(36)25-33(39-35)41-23-21-40(22-24-41)20-8-13-28-9-4-2-5-10-28/h2-13,16-19,25,27H,14-15,20-24,26H2,1H3,(H,37,42). The number of hydrogen-bond donors (Lipinski definition) is 1. The average molecular weight is 612 g/mol. The lowest BCUT2D eigenvalue weighted by Crippen LogP contribution is -2.46. The number of benzene rings is 3. The molecule has 0 radical (unpaired) electrons. The number of nitrogens with zero attached hydrogens (tertiary/aromatic N) is 4. The largest absolute Gasteiger partial charge is 0.354 e. The maximum Gasteiger partial charge on any atom is 0.251 e. The van der Waals surface area contributed by atoms with Gasteiger partial charge in [0, 0.05) is 56.1 Å². The number of aromatic nitrogens is 2. The van der Waals surface area contributed by atoms with Crippen molar-refractivity contribution in [2.75, 3.05) is 37.6 Å². The summed E-state index contributed by atoms with van der Waals surface area (Å²) in [5.74, 6) is 1.52. The average Bonchev–Trinajstić information content (AvgIpc) is 3.04. The SMILES string of the molecule is CC(CCc1ccccc1)NC(=O)c1ccc(CSc2nc(Cl)cc(N3CCN(CC=Cc4ccccc4)CC3)n2)cc1. The van der Waals surface area contributed by atoms with Crippen molar-refractivity contribution in [3.05, 3.63) is 124 Å². The minimum absolute atomic E-state index is 0.0464. The molecule has 2 heterocycles. The molecule has 1 aromatic heterocycles. The summed E-state index contributed by atoms with van der Waals surface area (Å²) in [6.45, 7) is 6.71. The number of amides is 1. The molecule has 0 spiro atoms. The number of carbonyl (C=O) groups excluding carboxylic acids is 1. The van der Waals surface area contributed by atoms with Crippen molar-refractivity contribution in [1.29, 1.82) is 0 Å². The second-order valence-electron chi connectivity index (χ2n) is 10.8. The lowest BCUT2D eigenvalue weighted by Gasteiger charge is -2.35. The fraction of sp³-hybridized carbons (Fsp3) is 0.286. The number of nitrogens with one attached hydrogen (secondary N) is 1. The van der Waals surface area contributed by atoms with Crippen molar-refractivity contribution in [2.45, 2.75) is 36.7 Å². The molecule has 1 atom stereocenters. The van der Waals surface area contributed by atoms with Crippen LogP contribution in [0.3, 0.4) is 0 Å². The zero-order chi connectivity index (χ0) is 29.9. The van der Waals surface area contributed by atoms with Crippen LogP contribution in [0.1, 0.15) is 40.4 Å². The highest BCUT2D eigenvalue weighted by atomic mass is 35.5. The van der Waals surface area contributed by atoms with Crippen LogP contribution in [-0.4, -0.2) is 59.5 Å². The summed E-state index contributed by atoms with van der Waals surface area (Å²) < 4.78 is 0. The van der Waals surface area contributed by atoms with Crippen LogP contribution in [0.5, 0.6) is 0 Å². The summed E-state index contributed by atoms with van der Waals surface area (Å²) >= 11 is 7.96. The Hall–Kier alpha value is -3.65. The molecule has 1 unspecified atom stereocenters. The Balaban J connectivity index is 1.07. The third-order valence-corrected chi connectivity index (χ3v) is 8.61. The summed E-state index contributed by atoms with van der Waals surface area (Å²) in [6, 6.07) is 30.4. The van der Waals surface area contributed by atoms with Crippen molar-refractivity contribution in [1.82, 2.24) is 20.2 Å². The van der Waals surface area contributed by atoms with Gasteiger partial charge in [-0.25, -0.2) is 9.97 Å². The minimum atomic E-state index is -0.0464. The maximum absolute atomic E-state index is 12.8. The summed E-state index contributed by atoms with van der Waals surface area (Å²) in [5.41, 5.74) is 4.27. The number of anilines is 1. The van der Waals surface area contributed by atoms with Crippen LogP contribution in [0.25, 0.3) is 6.08 Å². The van der Waals surface area contributed by atoms with E-state index in [4.69, 9.17) is 16.6 Å². The van der Waals surface area contributed by atoms with Gasteiger partial charge in [0.25, 0.3) is 5.91 Å². The van der Waals surface area contributed by atoms with Crippen molar-refractivity contribution in [3.63, 3.8) is 0 Å². The molecule has 1 N–H and O–H groups in total. The number of carbonyl (C=O) groups is 1. The highest BCUT2D eigenvalue weighted by Gasteiger charge is 2.19. The molecule has 8 heteroatoms. The number of piperazine rings is 1. The van der Waals surface area contributed by atoms with Crippen LogP contribution in [0.15, 0.2) is 102 Å². The van der Waals surface area contributed by atoms with E-state index in [0.717, 1.165) is 56.9 Å². The van der Waals surface area contributed by atoms with E-state index in [1.54, 1.807) is 11.8 Å². The van der Waals surface area contributed by atoms with Crippen LogP contribution < -0.4 is 10.2 Å². The van der Waals surface area contributed by atoms with Gasteiger partial charge in [-0.05, 0) is 48.6 Å². The number of rotatable bonds is 12. The van der Waals surface area contributed by atoms with E-state index < -0.39 is 0 Å². The molecule has 0 bridgehead atoms. The van der Waals surface area contributed by atoms with Gasteiger partial charge in [0.05, 0.1) is 0 Å². The Morgan fingerprint density at radius 3 is 2.35 bits per heavy atom. The number of hydrogen-bond acceptors (Lipinski definition) is 6. The molecular weight excluding hydrogens is 574 g/mol. The van der Waals surface area contributed by atoms with Crippen LogP contribution in [0.2, 0.25) is 5.15 Å². The molecule has 43 heavy (non-hydrogen) atoms. The van der Waals surface area contributed by atoms with E-state index in [1.807, 2.05) is 54.6 Å². The smallest absolute Gasteiger partial charge is 0.251 e. The molecule has 1 amide bonds. The second kappa shape index (κ2) is 15.7. The van der Waals surface area contributed by atoms with E-state index in [9.17, 15) is 4.79 Å². The fourth-order valence-corrected chi connectivity index (χ4v) is 6.02. The van der Waals surface area contributed by atoms with Gasteiger partial charge in [0.2, 0.25) is 0 Å². The molecule has 1 aliphatic rings. The first-order valence-electron chi connectivity index (χ1n) is 14.8. The van der Waals surface area contributed by atoms with Gasteiger partial charge in [-0.3, -0.25) is 9.69 Å². The first-order chi connectivity index (χ1) is 21.0. The number of thioether (sulfide) groups is 1. The van der Waals surface area contributed by atoms with Gasteiger partial charge in [0.1, 0.15) is 11.0 Å². The molecule has 5 rings (SSSR count). The highest BCUT2D eigenvalue weighted by molar-refractivity contribution is 7.98. The molecule has 4 aromatic rings. The summed E-state index contributed by atoms with van der Waals surface area (Å²) in [4.78, 5) is 26.7. The Bertz CT molecular complexity index is 1480. The number of aryl methyl sites for hydroxylation is 1. The Labute approximate surface area is 264 Å². The first-order valence-corrected chi connectivity index (χ1v) is 16.2. The maximum atomic E-state index is 12.8. The van der Waals surface area contributed by atoms with Crippen molar-refractivity contribution >= 4 is 41.2 Å². The number of halogens is 1. The monoisotopic (exact) mass is 611 g/mol. The van der Waals surface area contributed by atoms with Gasteiger partial charge < -0.3 is 10.2 Å². The van der Waals surface area contributed by atoms with E-state index in [2.05, 4.69) is 75.6 Å². The van der Waals surface area contributed by atoms with Gasteiger partial charge in [0.15, 0.2) is 5.16 Å². The molecule has 1 aliphatic heterocycles. The third kappa shape index (κ3) is 9.68. The van der Waals surface area contributed by atoms with E-state index in [1.165, 1.54) is 11.1 Å². The van der Waals surface area contributed by atoms with E-state index in [0.29, 0.717) is 21.6 Å². The van der Waals surface area contributed by atoms with Crippen molar-refractivity contribution < 1.29 is 4.79 Å². The van der Waals surface area contributed by atoms with Crippen molar-refractivity contribution in [3.8, 4) is 0 Å². The van der Waals surface area contributed by atoms with Crippen LogP contribution in [-0.2, 0) is 12.2 Å². The molecular formula is C35H38ClN5OS. The molecule has 1 fully saturated rings. The molecule has 222 valence electrons. The first kappa shape index (κ1) is 30.8. The molecule has 0 saturated carbocycles. The Morgan fingerprint density at radius 1 is 0.930 bits per heavy atom. The zero-order valence-corrected chi connectivity index (χ0v) is 26.1. The molecule has 0 aliphatic carbocycles. The van der Waals surface area contributed by atoms with Gasteiger partial charge in [-0.15, -0.1) is 0 Å². The van der Waals surface area contributed by atoms with E-state index >= 15 is 0 Å². The second-order valence-corrected chi connectivity index (χ2v) is 12.1. The molecule has 1 saturated heterocycles. The zero-order valence-electron chi connectivity index (χ0n) is 24.5. The summed E-state index contributed by atoms with van der Waals surface area (Å²) in [7, 11) is 0. The Kier molecular flexibility index (Phi) is 11.3. The lowest BCUT2D eigenvalue weighted by molar-refractivity contribution is 0.0938. The summed E-state index contributed by atoms with van der Waals surface area (Å²) in [5, 5.41) is 4.23. The summed E-state index contributed by atoms with van der Waals surface area (Å²) in [6.07, 6.45) is 6.24. The topological polar surface area (TPSA) is 61.4 Å². The highest BCUT2D eigenvalue weighted by Crippen LogP contribution is 2.25. The van der Waals surface area contributed by atoms with Crippen LogP contribution in [0.4, 0.5) is 5.82 Å².